The van der Waals surface area contributed by atoms with E-state index in [1.807, 2.05) is 0 Å². The minimum atomic E-state index is -9.83. The number of Topliss-reactive ketones (excluding diaryl/α,β-unsaturated/α-hetero) is 1. The van der Waals surface area contributed by atoms with Gasteiger partial charge in [-0.1, -0.05) is 70.7 Å². The molecule has 0 saturated heterocycles. The van der Waals surface area contributed by atoms with E-state index in [2.05, 4.69) is 31.9 Å². The molecule has 2 rings (SSSR count). The number of hydrogen-bond donors (Lipinski definition) is 0. The topological polar surface area (TPSA) is 42.0 Å². The molecular formula is C22H28Br2F10N2O3S2. The van der Waals surface area contributed by atoms with Crippen molar-refractivity contribution in [1.82, 2.24) is 0 Å². The van der Waals surface area contributed by atoms with Gasteiger partial charge in [0.25, 0.3) is 0 Å². The first-order valence-corrected chi connectivity index (χ1v) is 17.0. The van der Waals surface area contributed by atoms with Crippen molar-refractivity contribution >= 4 is 69.5 Å². The van der Waals surface area contributed by atoms with Gasteiger partial charge in [0.05, 0.1) is 10.7 Å². The summed E-state index contributed by atoms with van der Waals surface area (Å²) in [6.45, 7) is 0. The molecule has 0 heterocycles. The zero-order valence-electron chi connectivity index (χ0n) is 22.3. The fourth-order valence-electron chi connectivity index (χ4n) is 3.09. The van der Waals surface area contributed by atoms with Gasteiger partial charge in [-0.05, 0) is 36.4 Å². The summed E-state index contributed by atoms with van der Waals surface area (Å²) in [5.74, 6) is -2.31. The van der Waals surface area contributed by atoms with E-state index in [4.69, 9.17) is 9.47 Å². The molecule has 0 fully saturated rings. The summed E-state index contributed by atoms with van der Waals surface area (Å²) in [6.07, 6.45) is 0. The number of nitrogens with zero attached hydrogens (tertiary/aromatic N) is 2. The van der Waals surface area contributed by atoms with Gasteiger partial charge >= 0.3 is 20.4 Å². The van der Waals surface area contributed by atoms with E-state index in [1.165, 1.54) is 58.3 Å². The molecule has 0 aliphatic heterocycles. The lowest BCUT2D eigenvalue weighted by Gasteiger charge is -2.42. The van der Waals surface area contributed by atoms with E-state index in [0.29, 0.717) is 18.2 Å². The fraction of sp³-hybridized carbons (Fsp3) is 0.409. The number of benzene rings is 2. The smallest absolute Gasteiger partial charge is 0.310 e. The highest BCUT2D eigenvalue weighted by molar-refractivity contribution is 9.09. The number of carbonyl (C=O) groups excluding carboxylic acids is 1. The Bertz CT molecular complexity index is 1280. The second kappa shape index (κ2) is 10.6. The minimum absolute atomic E-state index is 0.0381. The Morgan fingerprint density at radius 3 is 1.41 bits per heavy atom. The van der Waals surface area contributed by atoms with Crippen LogP contribution in [0.4, 0.5) is 50.2 Å². The number of anilines is 2. The van der Waals surface area contributed by atoms with Crippen LogP contribution in [0.25, 0.3) is 0 Å². The molecule has 41 heavy (non-hydrogen) atoms. The van der Waals surface area contributed by atoms with Crippen molar-refractivity contribution in [2.45, 2.75) is 15.6 Å². The second-order valence-corrected chi connectivity index (χ2v) is 14.9. The van der Waals surface area contributed by atoms with Crippen LogP contribution < -0.4 is 9.80 Å². The molecule has 2 aromatic carbocycles. The molecule has 0 bridgehead atoms. The molecule has 0 aliphatic carbocycles. The average molecular weight is 782 g/mol. The van der Waals surface area contributed by atoms with Crippen LogP contribution in [0.1, 0.15) is 15.9 Å². The number of carbonyl (C=O) groups is 1. The maximum absolute atomic E-state index is 13.2. The summed E-state index contributed by atoms with van der Waals surface area (Å²) < 4.78 is 140. The van der Waals surface area contributed by atoms with Crippen LogP contribution in [-0.2, 0) is 15.3 Å². The van der Waals surface area contributed by atoms with Crippen molar-refractivity contribution < 1.29 is 53.1 Å². The third-order valence-corrected chi connectivity index (χ3v) is 8.93. The Balaban J connectivity index is 0.000000414. The average Bonchev–Trinajstić information content (AvgIpc) is 2.82. The Labute approximate surface area is 247 Å². The van der Waals surface area contributed by atoms with Gasteiger partial charge in [-0.2, -0.15) is 0 Å². The van der Waals surface area contributed by atoms with Crippen LogP contribution >= 0.6 is 52.3 Å². The molecule has 0 N–H and O–H groups in total. The van der Waals surface area contributed by atoms with Crippen molar-refractivity contribution in [3.8, 4) is 0 Å². The molecule has 240 valence electrons. The molecule has 0 aromatic heterocycles. The molecule has 0 aliphatic rings. The number of halogens is 12. The van der Waals surface area contributed by atoms with Gasteiger partial charge in [0.15, 0.2) is 5.78 Å². The normalized spacial score (nSPS) is 15.9. The van der Waals surface area contributed by atoms with Crippen LogP contribution in [-0.4, -0.2) is 58.9 Å². The SMILES string of the molecule is CN(C)c1cc(C(=O)CBr)cc(S(F)(F)(F)(F)F)c1.COC(CBr)(OC)c1cc(N(C)C)cc(S(F)(F)(F)(F)F)c1. The van der Waals surface area contributed by atoms with E-state index in [0.717, 1.165) is 6.07 Å². The van der Waals surface area contributed by atoms with Gasteiger partial charge in [0.2, 0.25) is 5.79 Å². The first-order chi connectivity index (χ1) is 17.9. The highest BCUT2D eigenvalue weighted by Crippen LogP contribution is 3.03. The van der Waals surface area contributed by atoms with Crippen molar-refractivity contribution in [2.24, 2.45) is 0 Å². The van der Waals surface area contributed by atoms with Gasteiger partial charge in [0.1, 0.15) is 9.79 Å². The number of ketones is 1. The van der Waals surface area contributed by atoms with Crippen LogP contribution in [0.2, 0.25) is 0 Å². The van der Waals surface area contributed by atoms with E-state index >= 15 is 0 Å². The van der Waals surface area contributed by atoms with Crippen LogP contribution in [0.15, 0.2) is 46.2 Å². The van der Waals surface area contributed by atoms with Crippen molar-refractivity contribution in [1.29, 1.82) is 0 Å². The van der Waals surface area contributed by atoms with E-state index in [1.54, 1.807) is 0 Å². The predicted molar refractivity (Wildman–Crippen MR) is 152 cm³/mol. The lowest BCUT2D eigenvalue weighted by atomic mass is 10.1. The summed E-state index contributed by atoms with van der Waals surface area (Å²) in [5.41, 5.74) is -0.731. The summed E-state index contributed by atoms with van der Waals surface area (Å²) in [4.78, 5) is 9.88. The number of hydrogen-bond acceptors (Lipinski definition) is 5. The van der Waals surface area contributed by atoms with Gasteiger partial charge in [0, 0.05) is 64.9 Å². The third-order valence-electron chi connectivity index (χ3n) is 5.42. The minimum Gasteiger partial charge on any atom is -0.378 e. The first-order valence-electron chi connectivity index (χ1n) is 10.8. The van der Waals surface area contributed by atoms with Gasteiger partial charge in [-0.15, -0.1) is 0 Å². The lowest BCUT2D eigenvalue weighted by molar-refractivity contribution is -0.197. The van der Waals surface area contributed by atoms with Crippen molar-refractivity contribution in [3.05, 3.63) is 47.5 Å². The van der Waals surface area contributed by atoms with Crippen molar-refractivity contribution in [2.75, 3.05) is 62.9 Å². The van der Waals surface area contributed by atoms with Gasteiger partial charge in [-0.25, -0.2) is 0 Å². The molecule has 5 nitrogen and oxygen atoms in total. The van der Waals surface area contributed by atoms with E-state index in [9.17, 15) is 43.7 Å². The zero-order valence-corrected chi connectivity index (χ0v) is 27.2. The van der Waals surface area contributed by atoms with Crippen LogP contribution in [0.5, 0.6) is 0 Å². The molecule has 0 unspecified atom stereocenters. The molecule has 0 saturated carbocycles. The van der Waals surface area contributed by atoms with Crippen LogP contribution in [0, 0.1) is 0 Å². The molecule has 0 radical (unpaired) electrons. The number of alkyl halides is 2. The maximum atomic E-state index is 13.2. The molecule has 19 heteroatoms. The van der Waals surface area contributed by atoms with Gasteiger partial charge < -0.3 is 19.3 Å². The fourth-order valence-corrected chi connectivity index (χ4v) is 5.58. The number of methoxy groups -OCH3 is 2. The summed E-state index contributed by atoms with van der Waals surface area (Å²) in [7, 11) is -11.5. The molecule has 2 aromatic rings. The van der Waals surface area contributed by atoms with Crippen molar-refractivity contribution in [3.63, 3.8) is 0 Å². The Morgan fingerprint density at radius 2 is 1.10 bits per heavy atom. The third kappa shape index (κ3) is 10.1. The largest absolute Gasteiger partial charge is 0.378 e. The summed E-state index contributed by atoms with van der Waals surface area (Å²) >= 11 is 5.86. The summed E-state index contributed by atoms with van der Waals surface area (Å²) in [6, 6.07) is 3.75. The quantitative estimate of drug-likeness (QED) is 0.104. The highest BCUT2D eigenvalue weighted by Gasteiger charge is 2.66. The monoisotopic (exact) mass is 780 g/mol. The van der Waals surface area contributed by atoms with Gasteiger partial charge in [-0.3, -0.25) is 4.79 Å². The Kier molecular flexibility index (Phi) is 9.76. The Hall–Kier alpha value is -1.41. The second-order valence-electron chi connectivity index (χ2n) is 9.01. The summed E-state index contributed by atoms with van der Waals surface area (Å²) in [5, 5.41) is -0.284. The lowest BCUT2D eigenvalue weighted by Crippen LogP contribution is -2.33. The Morgan fingerprint density at radius 1 is 0.707 bits per heavy atom. The first kappa shape index (κ1) is 37.6. The molecular weight excluding hydrogens is 754 g/mol. The molecule has 0 atom stereocenters. The van der Waals surface area contributed by atoms with Crippen LogP contribution in [0.3, 0.4) is 0 Å². The number of rotatable bonds is 10. The standard InChI is InChI=1S/C12H17BrF5NO2S.C10H11BrF5NOS/c1-19(2)10-5-9(12(8-13,20-3)21-4)6-11(7-10)22(14,15,16,17)18;1-17(2)8-3-7(10(18)6-11)4-9(5-8)19(12,13,14,15)16/h5-7H,8H2,1-4H3;3-5H,6H2,1-2H3. The molecule has 0 spiro atoms. The molecule has 0 amide bonds. The zero-order chi connectivity index (χ0) is 32.6. The predicted octanol–water partition coefficient (Wildman–Crippen LogP) is 10.2. The highest BCUT2D eigenvalue weighted by atomic mass is 79.9. The van der Waals surface area contributed by atoms with E-state index < -0.39 is 47.4 Å². The van der Waals surface area contributed by atoms with E-state index in [-0.39, 0.29) is 33.7 Å². The maximum Gasteiger partial charge on any atom is 0.310 e. The number of ether oxygens (including phenoxy) is 2.